The van der Waals surface area contributed by atoms with Gasteiger partial charge in [0.1, 0.15) is 10.6 Å². The van der Waals surface area contributed by atoms with Gasteiger partial charge in [0.15, 0.2) is 5.76 Å². The largest absolute Gasteiger partial charge is 0.495 e. The maximum absolute atomic E-state index is 12.8. The lowest BCUT2D eigenvalue weighted by Gasteiger charge is -2.12. The van der Waals surface area contributed by atoms with Crippen molar-refractivity contribution >= 4 is 21.6 Å². The van der Waals surface area contributed by atoms with E-state index in [2.05, 4.69) is 9.88 Å². The van der Waals surface area contributed by atoms with Crippen LogP contribution < -0.4 is 9.46 Å². The minimum absolute atomic E-state index is 0.0126. The lowest BCUT2D eigenvalue weighted by atomic mass is 10.1. The van der Waals surface area contributed by atoms with Crippen molar-refractivity contribution in [1.82, 2.24) is 9.88 Å². The van der Waals surface area contributed by atoms with E-state index in [0.29, 0.717) is 27.6 Å². The molecular weight excluding hydrogens is 376 g/mol. The summed E-state index contributed by atoms with van der Waals surface area (Å²) in [5.74, 6) is 0.712. The Kier molecular flexibility index (Phi) is 5.31. The summed E-state index contributed by atoms with van der Waals surface area (Å²) in [5.41, 5.74) is 1.97. The second-order valence-electron chi connectivity index (χ2n) is 5.61. The van der Waals surface area contributed by atoms with Gasteiger partial charge in [0, 0.05) is 23.2 Å². The number of halogens is 1. The van der Waals surface area contributed by atoms with Gasteiger partial charge in [-0.1, -0.05) is 35.0 Å². The van der Waals surface area contributed by atoms with Crippen LogP contribution in [0, 0.1) is 6.92 Å². The summed E-state index contributed by atoms with van der Waals surface area (Å²) in [7, 11) is -2.42. The van der Waals surface area contributed by atoms with Crippen molar-refractivity contribution in [3.05, 3.63) is 64.8 Å². The minimum atomic E-state index is -3.84. The molecule has 0 fully saturated rings. The van der Waals surface area contributed by atoms with Crippen LogP contribution in [0.15, 0.2) is 57.9 Å². The number of aromatic nitrogens is 1. The molecular formula is C18H17ClN2O4S. The molecule has 0 spiro atoms. The molecule has 0 atom stereocenters. The Hall–Kier alpha value is -2.35. The summed E-state index contributed by atoms with van der Waals surface area (Å²) in [4.78, 5) is 0.0126. The average molecular weight is 393 g/mol. The predicted octanol–water partition coefficient (Wildman–Crippen LogP) is 3.79. The molecule has 1 N–H and O–H groups in total. The third-order valence-corrected chi connectivity index (χ3v) is 5.57. The normalized spacial score (nSPS) is 11.5. The van der Waals surface area contributed by atoms with Crippen molar-refractivity contribution in [2.24, 2.45) is 0 Å². The Labute approximate surface area is 156 Å². The van der Waals surface area contributed by atoms with Gasteiger partial charge in [-0.25, -0.2) is 13.1 Å². The summed E-state index contributed by atoms with van der Waals surface area (Å²) in [5, 5.41) is 4.32. The number of nitrogens with zero attached hydrogens (tertiary/aromatic N) is 1. The third kappa shape index (κ3) is 3.90. The van der Waals surface area contributed by atoms with Gasteiger partial charge in [0.05, 0.1) is 12.8 Å². The first-order valence-corrected chi connectivity index (χ1v) is 9.61. The fourth-order valence-corrected chi connectivity index (χ4v) is 3.83. The first kappa shape index (κ1) is 18.4. The smallest absolute Gasteiger partial charge is 0.244 e. The van der Waals surface area contributed by atoms with Crippen LogP contribution >= 0.6 is 11.6 Å². The van der Waals surface area contributed by atoms with E-state index in [9.17, 15) is 8.42 Å². The highest BCUT2D eigenvalue weighted by Gasteiger charge is 2.21. The van der Waals surface area contributed by atoms with Crippen molar-refractivity contribution in [1.29, 1.82) is 0 Å². The number of hydrogen-bond acceptors (Lipinski definition) is 5. The predicted molar refractivity (Wildman–Crippen MR) is 98.7 cm³/mol. The van der Waals surface area contributed by atoms with Crippen LogP contribution in [0.5, 0.6) is 5.75 Å². The highest BCUT2D eigenvalue weighted by molar-refractivity contribution is 7.89. The third-order valence-electron chi connectivity index (χ3n) is 3.78. The Morgan fingerprint density at radius 2 is 1.96 bits per heavy atom. The molecule has 0 aliphatic heterocycles. The van der Waals surface area contributed by atoms with Gasteiger partial charge in [0.25, 0.3) is 0 Å². The molecule has 136 valence electrons. The van der Waals surface area contributed by atoms with Gasteiger partial charge < -0.3 is 9.26 Å². The van der Waals surface area contributed by atoms with E-state index >= 15 is 0 Å². The summed E-state index contributed by atoms with van der Waals surface area (Å²) < 4.78 is 38.6. The molecule has 0 bridgehead atoms. The maximum atomic E-state index is 12.8. The van der Waals surface area contributed by atoms with Gasteiger partial charge in [-0.3, -0.25) is 0 Å². The van der Waals surface area contributed by atoms with Crippen LogP contribution in [0.3, 0.4) is 0 Å². The molecule has 6 nitrogen and oxygen atoms in total. The summed E-state index contributed by atoms with van der Waals surface area (Å²) >= 11 is 6.09. The molecule has 0 saturated heterocycles. The molecule has 0 aliphatic carbocycles. The number of ether oxygens (including phenoxy) is 1. The zero-order valence-electron chi connectivity index (χ0n) is 14.2. The number of nitrogens with one attached hydrogen (secondary N) is 1. The highest BCUT2D eigenvalue weighted by atomic mass is 35.5. The minimum Gasteiger partial charge on any atom is -0.495 e. The van der Waals surface area contributed by atoms with Crippen molar-refractivity contribution in [3.8, 4) is 17.1 Å². The first-order chi connectivity index (χ1) is 12.4. The van der Waals surface area contributed by atoms with Crippen molar-refractivity contribution in [2.75, 3.05) is 7.11 Å². The van der Waals surface area contributed by atoms with Gasteiger partial charge in [0.2, 0.25) is 10.0 Å². The van der Waals surface area contributed by atoms with Crippen molar-refractivity contribution in [2.45, 2.75) is 18.4 Å². The van der Waals surface area contributed by atoms with E-state index in [1.54, 1.807) is 49.4 Å². The molecule has 0 saturated carbocycles. The Bertz CT molecular complexity index is 1030. The lowest BCUT2D eigenvalue weighted by Crippen LogP contribution is -2.24. The Balaban J connectivity index is 1.93. The summed E-state index contributed by atoms with van der Waals surface area (Å²) in [6.07, 6.45) is 0. The van der Waals surface area contributed by atoms with Crippen LogP contribution in [0.2, 0.25) is 5.02 Å². The monoisotopic (exact) mass is 392 g/mol. The van der Waals surface area contributed by atoms with E-state index in [1.165, 1.54) is 13.2 Å². The summed E-state index contributed by atoms with van der Waals surface area (Å²) in [6.45, 7) is 1.86. The van der Waals surface area contributed by atoms with Crippen molar-refractivity contribution in [3.63, 3.8) is 0 Å². The molecule has 26 heavy (non-hydrogen) atoms. The van der Waals surface area contributed by atoms with Gasteiger partial charge >= 0.3 is 0 Å². The molecule has 3 rings (SSSR count). The molecule has 1 aromatic heterocycles. The number of methoxy groups -OCH3 is 1. The van der Waals surface area contributed by atoms with Crippen LogP contribution in [-0.2, 0) is 16.6 Å². The maximum Gasteiger partial charge on any atom is 0.244 e. The van der Waals surface area contributed by atoms with E-state index in [-0.39, 0.29) is 17.2 Å². The van der Waals surface area contributed by atoms with Gasteiger partial charge in [-0.05, 0) is 36.8 Å². The topological polar surface area (TPSA) is 81.4 Å². The van der Waals surface area contributed by atoms with Gasteiger partial charge in [-0.2, -0.15) is 0 Å². The zero-order valence-corrected chi connectivity index (χ0v) is 15.8. The first-order valence-electron chi connectivity index (χ1n) is 7.75. The van der Waals surface area contributed by atoms with E-state index in [4.69, 9.17) is 20.9 Å². The van der Waals surface area contributed by atoms with Crippen molar-refractivity contribution < 1.29 is 17.7 Å². The molecule has 1 heterocycles. The fraction of sp³-hybridized carbons (Fsp3) is 0.167. The fourth-order valence-electron chi connectivity index (χ4n) is 2.43. The second kappa shape index (κ2) is 7.49. The highest BCUT2D eigenvalue weighted by Crippen LogP contribution is 2.30. The van der Waals surface area contributed by atoms with E-state index in [0.717, 1.165) is 0 Å². The summed E-state index contributed by atoms with van der Waals surface area (Å²) in [6, 6.07) is 13.6. The molecule has 2 aromatic carbocycles. The van der Waals surface area contributed by atoms with Crippen LogP contribution in [0.1, 0.15) is 11.3 Å². The van der Waals surface area contributed by atoms with Crippen LogP contribution in [0.25, 0.3) is 11.3 Å². The molecule has 3 aromatic rings. The second-order valence-corrected chi connectivity index (χ2v) is 7.76. The zero-order chi connectivity index (χ0) is 18.7. The average Bonchev–Trinajstić information content (AvgIpc) is 3.07. The van der Waals surface area contributed by atoms with Crippen LogP contribution in [0.4, 0.5) is 0 Å². The van der Waals surface area contributed by atoms with Crippen LogP contribution in [-0.4, -0.2) is 20.7 Å². The number of aryl methyl sites for hydroxylation is 1. The SMILES string of the molecule is COc1ccc(-c2cc(C)no2)cc1S(=O)(=O)NCc1ccccc1Cl. The van der Waals surface area contributed by atoms with E-state index in [1.807, 2.05) is 0 Å². The molecule has 0 amide bonds. The Morgan fingerprint density at radius 3 is 2.62 bits per heavy atom. The molecule has 0 radical (unpaired) electrons. The standard InChI is InChI=1S/C18H17ClN2O4S/c1-12-9-17(25-21-12)13-7-8-16(24-2)18(10-13)26(22,23)20-11-14-5-3-4-6-15(14)19/h3-10,20H,11H2,1-2H3. The molecule has 0 unspecified atom stereocenters. The lowest BCUT2D eigenvalue weighted by molar-refractivity contribution is 0.402. The molecule has 8 heteroatoms. The number of benzene rings is 2. The van der Waals surface area contributed by atoms with E-state index < -0.39 is 10.0 Å². The number of hydrogen-bond donors (Lipinski definition) is 1. The quantitative estimate of drug-likeness (QED) is 0.690. The number of rotatable bonds is 6. The number of sulfonamides is 1. The molecule has 0 aliphatic rings. The Morgan fingerprint density at radius 1 is 1.19 bits per heavy atom. The van der Waals surface area contributed by atoms with Gasteiger partial charge in [-0.15, -0.1) is 0 Å².